The lowest BCUT2D eigenvalue weighted by atomic mass is 9.78. The van der Waals surface area contributed by atoms with Gasteiger partial charge in [-0.1, -0.05) is 89.3 Å². The first-order valence-corrected chi connectivity index (χ1v) is 44.7. The summed E-state index contributed by atoms with van der Waals surface area (Å²) in [6, 6.07) is 9.13. The molecule has 33 nitrogen and oxygen atoms in total. The SMILES string of the molecule is CO[C@H]1C[C@@H]2CC[C@@H](C)[C@@](O)(O2)C(=O)C(=O)N2CCCC[C@H]2C(=O)O[C@H]([C@H](C)C[C@@H]2CCC(OC(=O)NCCOCCOCCOCCOCCOCCOCCOCCOCCC(=O)N3CCc4cc(Cn5nc(-c6cnc7[nH]ccc7c6)c6c(N)ncnc65)ccc4C3)[C@H](OC)C2)CC(=O)[C@H](C)/C=C(\C)[C@@H](O)[C@@H](OC)C(=O)[C@H](C)C[C@H](C)/C=C/C=C/C=C/1C. The van der Waals surface area contributed by atoms with Crippen LogP contribution in [0.4, 0.5) is 10.6 Å². The van der Waals surface area contributed by atoms with Crippen LogP contribution in [0.25, 0.3) is 33.3 Å². The fraction of sp³-hybridized carbons (Fsp3) is 0.645. The van der Waals surface area contributed by atoms with Crippen LogP contribution in [0.5, 0.6) is 0 Å². The molecule has 5 aliphatic rings. The van der Waals surface area contributed by atoms with Gasteiger partial charge in [-0.25, -0.2) is 29.2 Å². The van der Waals surface area contributed by atoms with Crippen molar-refractivity contribution in [2.24, 2.45) is 35.5 Å². The van der Waals surface area contributed by atoms with Gasteiger partial charge in [-0.05, 0) is 142 Å². The van der Waals surface area contributed by atoms with E-state index < -0.39 is 102 Å². The van der Waals surface area contributed by atoms with Crippen molar-refractivity contribution in [2.45, 2.75) is 206 Å². The molecule has 8 heterocycles. The predicted octanol–water partition coefficient (Wildman–Crippen LogP) is 9.34. The topological polar surface area (TPSA) is 406 Å². The lowest BCUT2D eigenvalue weighted by molar-refractivity contribution is -0.265. The van der Waals surface area contributed by atoms with E-state index in [1.165, 1.54) is 23.9 Å². The summed E-state index contributed by atoms with van der Waals surface area (Å²) < 4.78 is 82.9. The van der Waals surface area contributed by atoms with Gasteiger partial charge in [0.05, 0.1) is 142 Å². The number of aromatic nitrogens is 6. The number of nitrogen functional groups attached to an aromatic ring is 1. The van der Waals surface area contributed by atoms with Crippen LogP contribution in [0.2, 0.25) is 0 Å². The zero-order valence-electron chi connectivity index (χ0n) is 75.1. The van der Waals surface area contributed by atoms with Gasteiger partial charge in [-0.3, -0.25) is 24.0 Å². The third kappa shape index (κ3) is 28.9. The van der Waals surface area contributed by atoms with Crippen molar-refractivity contribution >= 4 is 69.1 Å². The maximum atomic E-state index is 14.8. The van der Waals surface area contributed by atoms with E-state index in [1.807, 2.05) is 79.1 Å². The Balaban J connectivity index is 0.553. The van der Waals surface area contributed by atoms with E-state index in [1.54, 1.807) is 54.2 Å². The first-order chi connectivity index (χ1) is 60.9. The van der Waals surface area contributed by atoms with E-state index in [-0.39, 0.29) is 74.7 Å². The summed E-state index contributed by atoms with van der Waals surface area (Å²) in [4.78, 5) is 118. The minimum Gasteiger partial charge on any atom is -0.460 e. The number of hydrogen-bond acceptors (Lipinski definition) is 28. The van der Waals surface area contributed by atoms with Crippen LogP contribution >= 0.6 is 0 Å². The van der Waals surface area contributed by atoms with Crippen LogP contribution in [0, 0.1) is 35.5 Å². The number of carbonyl (C=O) groups excluding carboxylic acids is 7. The Bertz CT molecular complexity index is 4460. The van der Waals surface area contributed by atoms with Gasteiger partial charge in [-0.15, -0.1) is 0 Å². The quantitative estimate of drug-likeness (QED) is 0.0107. The number of rotatable bonds is 37. The van der Waals surface area contributed by atoms with Crippen molar-refractivity contribution in [3.8, 4) is 11.3 Å². The molecule has 1 saturated carbocycles. The molecule has 2 saturated heterocycles. The number of hydrogen-bond donors (Lipinski definition) is 5. The van der Waals surface area contributed by atoms with Crippen LogP contribution in [-0.4, -0.2) is 292 Å². The molecule has 4 aromatic heterocycles. The number of pyridine rings is 1. The van der Waals surface area contributed by atoms with Crippen LogP contribution in [0.15, 0.2) is 96.7 Å². The van der Waals surface area contributed by atoms with E-state index in [0.29, 0.717) is 205 Å². The number of cyclic esters (lactones) is 1. The number of ether oxygens (including phenoxy) is 14. The molecule has 1 aromatic carbocycles. The highest BCUT2D eigenvalue weighted by Gasteiger charge is 2.53. The summed E-state index contributed by atoms with van der Waals surface area (Å²) in [6.07, 6.45) is 15.5. The second kappa shape index (κ2) is 50.9. The summed E-state index contributed by atoms with van der Waals surface area (Å²) in [5, 5.41) is 33.1. The number of benzene rings is 1. The van der Waals surface area contributed by atoms with Crippen LogP contribution < -0.4 is 11.1 Å². The number of methoxy groups -OCH3 is 3. The molecule has 15 atom stereocenters. The number of aliphatic hydroxyl groups is 2. The maximum absolute atomic E-state index is 14.8. The molecule has 3 fully saturated rings. The molecule has 5 aromatic rings. The normalized spacial score (nSPS) is 27.1. The van der Waals surface area contributed by atoms with Gasteiger partial charge in [0.2, 0.25) is 11.7 Å². The monoisotopic (exact) mass is 1760 g/mol. The standard InChI is InChI=1S/C93H134N10O23/c1-60-16-12-11-13-17-61(2)77(113-8)54-73-23-19-66(7)93(112,126-73)86(108)90(109)102-30-15-14-18-74(102)91(110)124-78(55-75(104)62(3)49-65(6)84(107)85(115-10)83(106)64(5)48-60)63(4)50-67-21-24-76(79(52-67)114-9)125-92(111)96-29-33-117-35-37-119-39-41-121-43-45-123-47-46-122-44-42-120-40-38-118-36-34-116-32-27-80(105)101-31-26-69-51-68(20-22-71(69)58-101)57-103-89-81(87(94)98-59-99-89)82(100-103)72-53-70-25-28-95-88(70)97-56-72/h11-13,16-17,20,22,25,28,49,51,53,56,59-60,62-64,66-67,73-74,76-79,84-85,107,112H,14-15,18-19,21,23-24,26-27,29-48,50,52,54-55,57-58H2,1-10H3,(H,95,97)(H,96,111)(H2,94,98,99)/b13-11+,16-12+,61-17+,65-49+/t60-,62-,63-,64-,66-,67+,73+,74+,76?,77+,78+,79-,84-,85+,93-/m1/s1. The zero-order valence-corrected chi connectivity index (χ0v) is 75.1. The number of nitrogens with one attached hydrogen (secondary N) is 2. The van der Waals surface area contributed by atoms with Crippen molar-refractivity contribution in [1.29, 1.82) is 0 Å². The van der Waals surface area contributed by atoms with Crippen molar-refractivity contribution in [3.63, 3.8) is 0 Å². The van der Waals surface area contributed by atoms with E-state index in [0.717, 1.165) is 39.7 Å². The molecule has 10 rings (SSSR count). The molecule has 4 aliphatic heterocycles. The van der Waals surface area contributed by atoms with Crippen LogP contribution in [0.1, 0.15) is 149 Å². The highest BCUT2D eigenvalue weighted by Crippen LogP contribution is 2.40. The fourth-order valence-electron chi connectivity index (χ4n) is 17.1. The van der Waals surface area contributed by atoms with Gasteiger partial charge in [-0.2, -0.15) is 5.10 Å². The lowest BCUT2D eigenvalue weighted by Gasteiger charge is -2.42. The largest absolute Gasteiger partial charge is 0.460 e. The van der Waals surface area contributed by atoms with Crippen molar-refractivity contribution in [2.75, 3.05) is 152 Å². The predicted molar refractivity (Wildman–Crippen MR) is 468 cm³/mol. The molecule has 0 radical (unpaired) electrons. The number of ketones is 3. The van der Waals surface area contributed by atoms with Gasteiger partial charge in [0.1, 0.15) is 59.7 Å². The highest BCUT2D eigenvalue weighted by atomic mass is 16.6. The number of alkyl carbamates (subject to hydrolysis) is 1. The first kappa shape index (κ1) is 99.5. The second-order valence-electron chi connectivity index (χ2n) is 33.8. The average Bonchev–Trinajstić information content (AvgIpc) is 1.49. The van der Waals surface area contributed by atoms with Gasteiger partial charge in [0.25, 0.3) is 11.7 Å². The number of nitrogens with zero attached hydrogens (tertiary/aromatic N) is 7. The van der Waals surface area contributed by atoms with Crippen molar-refractivity contribution < 1.29 is 110 Å². The number of Topliss-reactive ketones (excluding diaryl/α,β-unsaturated/α-hetero) is 3. The molecule has 6 N–H and O–H groups in total. The summed E-state index contributed by atoms with van der Waals surface area (Å²) in [5.41, 5.74) is 13.9. The Morgan fingerprint density at radius 2 is 1.40 bits per heavy atom. The van der Waals surface area contributed by atoms with Gasteiger partial charge in [0.15, 0.2) is 11.4 Å². The van der Waals surface area contributed by atoms with E-state index in [9.17, 15) is 43.8 Å². The summed E-state index contributed by atoms with van der Waals surface area (Å²) in [6.45, 7) is 20.3. The number of carbonyl (C=O) groups is 7. The number of fused-ring (bicyclic) bond motifs is 6. The summed E-state index contributed by atoms with van der Waals surface area (Å²) in [7, 11) is 4.49. The van der Waals surface area contributed by atoms with Crippen molar-refractivity contribution in [3.05, 3.63) is 113 Å². The van der Waals surface area contributed by atoms with E-state index in [4.69, 9.17) is 77.1 Å². The van der Waals surface area contributed by atoms with Gasteiger partial charge in [0, 0.05) is 101 Å². The molecule has 694 valence electrons. The lowest BCUT2D eigenvalue weighted by Crippen LogP contribution is -2.61. The molecule has 1 unspecified atom stereocenters. The molecule has 2 bridgehead atoms. The van der Waals surface area contributed by atoms with E-state index in [2.05, 4.69) is 43.5 Å². The number of allylic oxidation sites excluding steroid dienone is 6. The van der Waals surface area contributed by atoms with Crippen LogP contribution in [0.3, 0.4) is 0 Å². The number of piperidine rings is 1. The fourth-order valence-corrected chi connectivity index (χ4v) is 17.1. The zero-order chi connectivity index (χ0) is 90.1. The Kier molecular flexibility index (Phi) is 40.2. The number of H-pyrrole nitrogens is 1. The Morgan fingerprint density at radius 3 is 2.08 bits per heavy atom. The van der Waals surface area contributed by atoms with Crippen molar-refractivity contribution in [1.82, 2.24) is 44.8 Å². The Morgan fingerprint density at radius 1 is 0.722 bits per heavy atom. The molecule has 0 spiro atoms. The minimum atomic E-state index is -2.48. The highest BCUT2D eigenvalue weighted by molar-refractivity contribution is 6.39. The Labute approximate surface area is 739 Å². The van der Waals surface area contributed by atoms with Crippen LogP contribution in [-0.2, 0) is 115 Å². The van der Waals surface area contributed by atoms with Gasteiger partial charge < -0.3 is 102 Å². The number of amides is 3. The van der Waals surface area contributed by atoms with E-state index >= 15 is 0 Å². The smallest absolute Gasteiger partial charge is 0.407 e. The molecular formula is C93H134N10O23. The molecule has 126 heavy (non-hydrogen) atoms. The summed E-state index contributed by atoms with van der Waals surface area (Å²) in [5.74, 6) is -8.25. The number of aliphatic hydroxyl groups excluding tert-OH is 1. The first-order valence-electron chi connectivity index (χ1n) is 44.7. The molecule has 1 aliphatic carbocycles. The summed E-state index contributed by atoms with van der Waals surface area (Å²) >= 11 is 0. The number of anilines is 1. The third-order valence-electron chi connectivity index (χ3n) is 24.5. The molecule has 33 heteroatoms. The Hall–Kier alpha value is -8.65. The van der Waals surface area contributed by atoms with Gasteiger partial charge >= 0.3 is 12.1 Å². The number of nitrogens with two attached hydrogens (primary N) is 1. The number of esters is 1. The molecule has 3 amide bonds. The second-order valence-corrected chi connectivity index (χ2v) is 33.8. The number of aromatic amines is 1. The average molecular weight is 1760 g/mol. The molecular weight excluding hydrogens is 1630 g/mol. The minimum absolute atomic E-state index is 0.0184. The third-order valence-corrected chi connectivity index (χ3v) is 24.5. The maximum Gasteiger partial charge on any atom is 0.407 e.